The molecule has 7 heteroatoms. The van der Waals surface area contributed by atoms with E-state index in [0.717, 1.165) is 15.6 Å². The molecule has 0 saturated carbocycles. The van der Waals surface area contributed by atoms with Crippen LogP contribution in [-0.4, -0.2) is 15.9 Å². The van der Waals surface area contributed by atoms with Crippen LogP contribution in [0.3, 0.4) is 0 Å². The molecule has 1 amide bonds. The van der Waals surface area contributed by atoms with Crippen molar-refractivity contribution in [3.8, 4) is 0 Å². The fourth-order valence-electron chi connectivity index (χ4n) is 1.68. The predicted octanol–water partition coefficient (Wildman–Crippen LogP) is 2.29. The van der Waals surface area contributed by atoms with Crippen molar-refractivity contribution in [3.05, 3.63) is 26.7 Å². The van der Waals surface area contributed by atoms with Gasteiger partial charge in [-0.1, -0.05) is 0 Å². The number of carbonyl (C=O) groups is 1. The zero-order valence-electron chi connectivity index (χ0n) is 10.4. The van der Waals surface area contributed by atoms with Crippen LogP contribution in [0.5, 0.6) is 0 Å². The molecule has 0 aliphatic rings. The van der Waals surface area contributed by atoms with Gasteiger partial charge in [0, 0.05) is 10.3 Å². The summed E-state index contributed by atoms with van der Waals surface area (Å²) in [5, 5.41) is 5.92. The number of carbonyl (C=O) groups excluding carboxylic acids is 1. The van der Waals surface area contributed by atoms with Gasteiger partial charge < -0.3 is 11.1 Å². The van der Waals surface area contributed by atoms with Crippen LogP contribution in [0, 0.1) is 13.8 Å². The van der Waals surface area contributed by atoms with Crippen molar-refractivity contribution in [1.82, 2.24) is 15.3 Å². The quantitative estimate of drug-likeness (QED) is 0.905. The Balaban J connectivity index is 2.10. The van der Waals surface area contributed by atoms with E-state index in [2.05, 4.69) is 15.3 Å². The zero-order valence-corrected chi connectivity index (χ0v) is 12.0. The number of hydrogen-bond donors (Lipinski definition) is 2. The molecular formula is C11H14N4OS2. The Morgan fingerprint density at radius 2 is 2.17 bits per heavy atom. The maximum Gasteiger partial charge on any atom is 0.271 e. The second-order valence-electron chi connectivity index (χ2n) is 3.94. The van der Waals surface area contributed by atoms with E-state index in [1.54, 1.807) is 16.7 Å². The fraction of sp³-hybridized carbons (Fsp3) is 0.364. The highest BCUT2D eigenvalue weighted by Crippen LogP contribution is 2.22. The van der Waals surface area contributed by atoms with E-state index in [1.165, 1.54) is 11.3 Å². The molecule has 2 heterocycles. The van der Waals surface area contributed by atoms with Gasteiger partial charge in [-0.2, -0.15) is 0 Å². The van der Waals surface area contributed by atoms with Gasteiger partial charge in [0.05, 0.1) is 16.7 Å². The van der Waals surface area contributed by atoms with Crippen LogP contribution < -0.4 is 11.1 Å². The number of nitrogens with zero attached hydrogens (tertiary/aromatic N) is 2. The summed E-state index contributed by atoms with van der Waals surface area (Å²) in [6, 6.07) is -0.134. The van der Waals surface area contributed by atoms with Gasteiger partial charge in [-0.15, -0.1) is 22.7 Å². The van der Waals surface area contributed by atoms with Gasteiger partial charge in [0.15, 0.2) is 5.13 Å². The second-order valence-corrected chi connectivity index (χ2v) is 6.24. The molecule has 2 aromatic heterocycles. The Hall–Kier alpha value is -1.47. The van der Waals surface area contributed by atoms with Crippen LogP contribution >= 0.6 is 22.7 Å². The number of thiazole rings is 2. The smallest absolute Gasteiger partial charge is 0.271 e. The second kappa shape index (κ2) is 5.03. The lowest BCUT2D eigenvalue weighted by atomic mass is 10.2. The highest BCUT2D eigenvalue weighted by Gasteiger charge is 2.17. The van der Waals surface area contributed by atoms with E-state index in [4.69, 9.17) is 5.73 Å². The van der Waals surface area contributed by atoms with Gasteiger partial charge in [0.1, 0.15) is 5.69 Å². The lowest BCUT2D eigenvalue weighted by Crippen LogP contribution is -2.27. The van der Waals surface area contributed by atoms with E-state index >= 15 is 0 Å². The first kappa shape index (κ1) is 13.0. The monoisotopic (exact) mass is 282 g/mol. The van der Waals surface area contributed by atoms with E-state index in [0.29, 0.717) is 10.8 Å². The molecule has 0 aromatic carbocycles. The van der Waals surface area contributed by atoms with E-state index in [1.807, 2.05) is 20.8 Å². The molecule has 5 nitrogen and oxygen atoms in total. The average molecular weight is 282 g/mol. The SMILES string of the molecule is Cc1nc(C(C)NC(=O)c2csc(N)n2)c(C)s1. The molecule has 0 spiro atoms. The van der Waals surface area contributed by atoms with Gasteiger partial charge in [-0.3, -0.25) is 4.79 Å². The lowest BCUT2D eigenvalue weighted by molar-refractivity contribution is 0.0935. The molecule has 0 saturated heterocycles. The lowest BCUT2D eigenvalue weighted by Gasteiger charge is -2.11. The van der Waals surface area contributed by atoms with Crippen LogP contribution in [0.4, 0.5) is 5.13 Å². The topological polar surface area (TPSA) is 80.9 Å². The van der Waals surface area contributed by atoms with Crippen LogP contribution in [0.25, 0.3) is 0 Å². The maximum atomic E-state index is 11.9. The van der Waals surface area contributed by atoms with Crippen molar-refractivity contribution in [2.45, 2.75) is 26.8 Å². The summed E-state index contributed by atoms with van der Waals surface area (Å²) >= 11 is 2.88. The number of anilines is 1. The number of nitrogens with two attached hydrogens (primary N) is 1. The molecule has 0 aliphatic carbocycles. The molecule has 1 atom stereocenters. The molecular weight excluding hydrogens is 268 g/mol. The summed E-state index contributed by atoms with van der Waals surface area (Å²) in [4.78, 5) is 21.4. The van der Waals surface area contributed by atoms with Crippen molar-refractivity contribution in [1.29, 1.82) is 0 Å². The van der Waals surface area contributed by atoms with E-state index < -0.39 is 0 Å². The number of aromatic nitrogens is 2. The normalized spacial score (nSPS) is 12.4. The Morgan fingerprint density at radius 3 is 2.67 bits per heavy atom. The third-order valence-electron chi connectivity index (χ3n) is 2.45. The van der Waals surface area contributed by atoms with Gasteiger partial charge in [-0.25, -0.2) is 9.97 Å². The molecule has 0 bridgehead atoms. The summed E-state index contributed by atoms with van der Waals surface area (Å²) in [6.45, 7) is 5.87. The molecule has 0 fully saturated rings. The largest absolute Gasteiger partial charge is 0.375 e. The first-order valence-electron chi connectivity index (χ1n) is 5.43. The Kier molecular flexibility index (Phi) is 3.63. The number of hydrogen-bond acceptors (Lipinski definition) is 6. The summed E-state index contributed by atoms with van der Waals surface area (Å²) in [5.74, 6) is -0.222. The van der Waals surface area contributed by atoms with Gasteiger partial charge in [0.25, 0.3) is 5.91 Å². The van der Waals surface area contributed by atoms with Crippen LogP contribution in [0.15, 0.2) is 5.38 Å². The minimum absolute atomic E-state index is 0.134. The number of nitrogens with one attached hydrogen (secondary N) is 1. The number of aryl methyl sites for hydroxylation is 2. The van der Waals surface area contributed by atoms with Crippen molar-refractivity contribution in [2.75, 3.05) is 5.73 Å². The summed E-state index contributed by atoms with van der Waals surface area (Å²) < 4.78 is 0. The molecule has 0 radical (unpaired) electrons. The Labute approximate surface area is 113 Å². The molecule has 18 heavy (non-hydrogen) atoms. The van der Waals surface area contributed by atoms with Gasteiger partial charge >= 0.3 is 0 Å². The van der Waals surface area contributed by atoms with Gasteiger partial charge in [-0.05, 0) is 20.8 Å². The Morgan fingerprint density at radius 1 is 1.44 bits per heavy atom. The molecule has 0 aliphatic heterocycles. The molecule has 2 aromatic rings. The van der Waals surface area contributed by atoms with E-state index in [-0.39, 0.29) is 11.9 Å². The van der Waals surface area contributed by atoms with Crippen molar-refractivity contribution in [3.63, 3.8) is 0 Å². The molecule has 2 rings (SSSR count). The highest BCUT2D eigenvalue weighted by atomic mass is 32.1. The first-order valence-corrected chi connectivity index (χ1v) is 7.12. The van der Waals surface area contributed by atoms with Crippen LogP contribution in [0.1, 0.15) is 39.0 Å². The van der Waals surface area contributed by atoms with Crippen LogP contribution in [-0.2, 0) is 0 Å². The predicted molar refractivity (Wildman–Crippen MR) is 74.0 cm³/mol. The fourth-order valence-corrected chi connectivity index (χ4v) is 3.13. The van der Waals surface area contributed by atoms with Crippen molar-refractivity contribution < 1.29 is 4.79 Å². The van der Waals surface area contributed by atoms with E-state index in [9.17, 15) is 4.79 Å². The molecule has 1 unspecified atom stereocenters. The Bertz CT molecular complexity index is 575. The minimum atomic E-state index is -0.222. The van der Waals surface area contributed by atoms with Crippen molar-refractivity contribution in [2.24, 2.45) is 0 Å². The van der Waals surface area contributed by atoms with Crippen LogP contribution in [0.2, 0.25) is 0 Å². The number of rotatable bonds is 3. The summed E-state index contributed by atoms with van der Waals surface area (Å²) in [7, 11) is 0. The third-order valence-corrected chi connectivity index (χ3v) is 4.03. The van der Waals surface area contributed by atoms with Crippen molar-refractivity contribution >= 4 is 33.7 Å². The summed E-state index contributed by atoms with van der Waals surface area (Å²) in [5.41, 5.74) is 6.77. The zero-order chi connectivity index (χ0) is 13.3. The average Bonchev–Trinajstić information content (AvgIpc) is 2.84. The standard InChI is InChI=1S/C11H14N4OS2/c1-5(9-6(2)18-7(3)14-9)13-10(16)8-4-17-11(12)15-8/h4-5H,1-3H3,(H2,12,15)(H,13,16). The minimum Gasteiger partial charge on any atom is -0.375 e. The third kappa shape index (κ3) is 2.68. The first-order chi connectivity index (χ1) is 8.47. The number of nitrogen functional groups attached to an aromatic ring is 1. The molecule has 96 valence electrons. The number of amides is 1. The summed E-state index contributed by atoms with van der Waals surface area (Å²) in [6.07, 6.45) is 0. The highest BCUT2D eigenvalue weighted by molar-refractivity contribution is 7.13. The van der Waals surface area contributed by atoms with Gasteiger partial charge in [0.2, 0.25) is 0 Å². The molecule has 3 N–H and O–H groups in total. The maximum absolute atomic E-state index is 11.9.